The van der Waals surface area contributed by atoms with E-state index in [1.165, 1.54) is 12.1 Å². The van der Waals surface area contributed by atoms with Gasteiger partial charge in [0.05, 0.1) is 0 Å². The summed E-state index contributed by atoms with van der Waals surface area (Å²) in [6, 6.07) is 13.5. The first-order chi connectivity index (χ1) is 11.5. The van der Waals surface area contributed by atoms with Crippen molar-refractivity contribution in [3.8, 4) is 17.6 Å². The summed E-state index contributed by atoms with van der Waals surface area (Å²) in [4.78, 5) is 0. The fourth-order valence-electron chi connectivity index (χ4n) is 2.13. The molecule has 0 heterocycles. The summed E-state index contributed by atoms with van der Waals surface area (Å²) in [5.74, 6) is 5.98. The van der Waals surface area contributed by atoms with Crippen LogP contribution in [0.2, 0.25) is 0 Å². The first-order valence-corrected chi connectivity index (χ1v) is 7.47. The van der Waals surface area contributed by atoms with Gasteiger partial charge in [-0.05, 0) is 54.8 Å². The second-order valence-corrected chi connectivity index (χ2v) is 5.14. The van der Waals surface area contributed by atoms with Gasteiger partial charge in [-0.2, -0.15) is 8.78 Å². The van der Waals surface area contributed by atoms with Crippen molar-refractivity contribution in [1.82, 2.24) is 0 Å². The molecule has 5 heteroatoms. The monoisotopic (exact) mass is 336 g/mol. The third-order valence-electron chi connectivity index (χ3n) is 3.25. The molecular weight excluding hydrogens is 320 g/mol. The van der Waals surface area contributed by atoms with Gasteiger partial charge in [-0.1, -0.05) is 24.0 Å². The Hall–Kier alpha value is -2.48. The third-order valence-corrected chi connectivity index (χ3v) is 3.25. The molecule has 2 aromatic carbocycles. The topological polar surface area (TPSA) is 9.23 Å². The van der Waals surface area contributed by atoms with E-state index in [2.05, 4.69) is 16.6 Å². The van der Waals surface area contributed by atoms with E-state index in [1.54, 1.807) is 12.1 Å². The molecule has 0 bridgehead atoms. The number of hydrogen-bond donors (Lipinski definition) is 0. The van der Waals surface area contributed by atoms with Crippen molar-refractivity contribution >= 4 is 0 Å². The molecule has 0 atom stereocenters. The summed E-state index contributed by atoms with van der Waals surface area (Å²) in [7, 11) is 0. The summed E-state index contributed by atoms with van der Waals surface area (Å²) in [6.45, 7) is -2.85. The molecule has 0 saturated carbocycles. The zero-order chi connectivity index (χ0) is 17.4. The summed E-state index contributed by atoms with van der Waals surface area (Å²) in [5, 5.41) is 0. The lowest BCUT2D eigenvalue weighted by molar-refractivity contribution is -0.0498. The Kier molecular flexibility index (Phi) is 6.68. The predicted molar refractivity (Wildman–Crippen MR) is 84.4 cm³/mol. The van der Waals surface area contributed by atoms with Crippen molar-refractivity contribution in [1.29, 1.82) is 0 Å². The van der Waals surface area contributed by atoms with Gasteiger partial charge in [-0.25, -0.2) is 8.78 Å². The van der Waals surface area contributed by atoms with Crippen LogP contribution in [0.4, 0.5) is 17.6 Å². The molecule has 1 nitrogen and oxygen atoms in total. The fourth-order valence-corrected chi connectivity index (χ4v) is 2.13. The molecule has 2 rings (SSSR count). The first kappa shape index (κ1) is 17.9. The highest BCUT2D eigenvalue weighted by molar-refractivity contribution is 5.45. The summed E-state index contributed by atoms with van der Waals surface area (Å²) in [5.41, 5.74) is 2.40. The van der Waals surface area contributed by atoms with Gasteiger partial charge >= 0.3 is 6.61 Å². The van der Waals surface area contributed by atoms with Crippen LogP contribution in [-0.2, 0) is 6.42 Å². The van der Waals surface area contributed by atoms with Crippen LogP contribution in [0.25, 0.3) is 0 Å². The van der Waals surface area contributed by atoms with Crippen molar-refractivity contribution in [3.63, 3.8) is 0 Å². The van der Waals surface area contributed by atoms with E-state index in [9.17, 15) is 17.6 Å². The third kappa shape index (κ3) is 6.33. The highest BCUT2D eigenvalue weighted by Crippen LogP contribution is 2.15. The van der Waals surface area contributed by atoms with Crippen molar-refractivity contribution in [2.75, 3.05) is 0 Å². The summed E-state index contributed by atoms with van der Waals surface area (Å²) in [6.07, 6.45) is -1.37. The van der Waals surface area contributed by atoms with Crippen LogP contribution in [0.1, 0.15) is 29.5 Å². The number of ether oxygens (including phenoxy) is 1. The maximum Gasteiger partial charge on any atom is 0.387 e. The molecule has 0 unspecified atom stereocenters. The minimum atomic E-state index is -2.85. The Morgan fingerprint density at radius 3 is 2.25 bits per heavy atom. The number of rotatable bonds is 6. The lowest BCUT2D eigenvalue weighted by Crippen LogP contribution is -2.01. The average molecular weight is 336 g/mol. The smallest absolute Gasteiger partial charge is 0.387 e. The van der Waals surface area contributed by atoms with Gasteiger partial charge in [0.25, 0.3) is 0 Å². The maximum atomic E-state index is 12.2. The van der Waals surface area contributed by atoms with Crippen molar-refractivity contribution in [2.45, 2.75) is 32.3 Å². The lowest BCUT2D eigenvalue weighted by Gasteiger charge is -2.03. The molecule has 0 aliphatic carbocycles. The minimum Gasteiger partial charge on any atom is -0.435 e. The second-order valence-electron chi connectivity index (χ2n) is 5.14. The normalized spacial score (nSPS) is 10.6. The van der Waals surface area contributed by atoms with Gasteiger partial charge in [0, 0.05) is 17.5 Å². The molecule has 126 valence electrons. The maximum absolute atomic E-state index is 12.2. The molecule has 0 aliphatic heterocycles. The van der Waals surface area contributed by atoms with Crippen molar-refractivity contribution in [3.05, 3.63) is 65.2 Å². The van der Waals surface area contributed by atoms with Crippen LogP contribution in [-0.4, -0.2) is 13.0 Å². The van der Waals surface area contributed by atoms with Crippen molar-refractivity contribution in [2.24, 2.45) is 0 Å². The number of aryl methyl sites for hydroxylation is 1. The molecule has 2 aromatic rings. The Balaban J connectivity index is 1.99. The van der Waals surface area contributed by atoms with Crippen LogP contribution in [0.3, 0.4) is 0 Å². The van der Waals surface area contributed by atoms with Crippen LogP contribution in [0.5, 0.6) is 5.75 Å². The first-order valence-electron chi connectivity index (χ1n) is 7.47. The second kappa shape index (κ2) is 8.97. The van der Waals surface area contributed by atoms with E-state index >= 15 is 0 Å². The molecule has 0 amide bonds. The van der Waals surface area contributed by atoms with Gasteiger partial charge in [0.1, 0.15) is 5.75 Å². The standard InChI is InChI=1S/C19H16F4O/c20-18(21)6-2-5-15-3-1-4-16(13-15)8-7-14-9-11-17(12-10-14)24-19(22)23/h1,3-4,9-13,18-19H,2,5-6H2. The van der Waals surface area contributed by atoms with E-state index in [0.29, 0.717) is 18.4 Å². The number of hydrogen-bond acceptors (Lipinski definition) is 1. The Labute approximate surface area is 138 Å². The molecule has 0 N–H and O–H groups in total. The Morgan fingerprint density at radius 2 is 1.58 bits per heavy atom. The number of halogens is 4. The van der Waals surface area contributed by atoms with Gasteiger partial charge in [0.2, 0.25) is 6.43 Å². The average Bonchev–Trinajstić information content (AvgIpc) is 2.54. The summed E-state index contributed by atoms with van der Waals surface area (Å²) < 4.78 is 52.7. The van der Waals surface area contributed by atoms with Gasteiger partial charge < -0.3 is 4.74 Å². The van der Waals surface area contributed by atoms with E-state index in [4.69, 9.17) is 0 Å². The lowest BCUT2D eigenvalue weighted by atomic mass is 10.1. The highest BCUT2D eigenvalue weighted by atomic mass is 19.3. The number of benzene rings is 2. The van der Waals surface area contributed by atoms with Crippen LogP contribution in [0.15, 0.2) is 48.5 Å². The molecule has 0 aromatic heterocycles. The van der Waals surface area contributed by atoms with Gasteiger partial charge in [-0.3, -0.25) is 0 Å². The molecule has 0 spiro atoms. The molecule has 0 radical (unpaired) electrons. The highest BCUT2D eigenvalue weighted by Gasteiger charge is 2.03. The molecule has 0 fully saturated rings. The van der Waals surface area contributed by atoms with Crippen LogP contribution < -0.4 is 4.74 Å². The Morgan fingerprint density at radius 1 is 0.875 bits per heavy atom. The number of alkyl halides is 4. The van der Waals surface area contributed by atoms with Crippen LogP contribution in [0, 0.1) is 11.8 Å². The van der Waals surface area contributed by atoms with E-state index < -0.39 is 13.0 Å². The summed E-state index contributed by atoms with van der Waals surface area (Å²) >= 11 is 0. The van der Waals surface area contributed by atoms with E-state index in [1.807, 2.05) is 24.3 Å². The molecule has 0 saturated heterocycles. The minimum absolute atomic E-state index is 0.0802. The fraction of sp³-hybridized carbons (Fsp3) is 0.263. The molecule has 24 heavy (non-hydrogen) atoms. The van der Waals surface area contributed by atoms with Gasteiger partial charge in [0.15, 0.2) is 0 Å². The van der Waals surface area contributed by atoms with Crippen LogP contribution >= 0.6 is 0 Å². The molecular formula is C19H16F4O. The Bertz CT molecular complexity index is 699. The van der Waals surface area contributed by atoms with E-state index in [0.717, 1.165) is 11.1 Å². The largest absolute Gasteiger partial charge is 0.435 e. The SMILES string of the molecule is FC(F)CCCc1cccc(C#Cc2ccc(OC(F)F)cc2)c1. The zero-order valence-electron chi connectivity index (χ0n) is 12.8. The van der Waals surface area contributed by atoms with Gasteiger partial charge in [-0.15, -0.1) is 0 Å². The zero-order valence-corrected chi connectivity index (χ0v) is 12.8. The predicted octanol–water partition coefficient (Wildman–Crippen LogP) is 5.28. The molecule has 0 aliphatic rings. The van der Waals surface area contributed by atoms with Crippen molar-refractivity contribution < 1.29 is 22.3 Å². The van der Waals surface area contributed by atoms with E-state index in [-0.39, 0.29) is 12.2 Å². The quantitative estimate of drug-likeness (QED) is 0.515.